The Balaban J connectivity index is 1.80. The second kappa shape index (κ2) is 7.84. The molecule has 7 heteroatoms. The molecule has 22 heavy (non-hydrogen) atoms. The summed E-state index contributed by atoms with van der Waals surface area (Å²) < 4.78 is 5.68. The second-order valence-corrected chi connectivity index (χ2v) is 5.42. The van der Waals surface area contributed by atoms with Gasteiger partial charge in [-0.25, -0.2) is 9.97 Å². The van der Waals surface area contributed by atoms with Crippen LogP contribution in [0.25, 0.3) is 0 Å². The summed E-state index contributed by atoms with van der Waals surface area (Å²) in [6, 6.07) is 1.94. The lowest BCUT2D eigenvalue weighted by atomic mass is 10.1. The molecule has 1 fully saturated rings. The van der Waals surface area contributed by atoms with Crippen LogP contribution in [0.5, 0.6) is 0 Å². The predicted octanol–water partition coefficient (Wildman–Crippen LogP) is 0.810. The van der Waals surface area contributed by atoms with Crippen LogP contribution in [0.3, 0.4) is 0 Å². The van der Waals surface area contributed by atoms with E-state index in [9.17, 15) is 9.59 Å². The fourth-order valence-corrected chi connectivity index (χ4v) is 2.45. The zero-order valence-electron chi connectivity index (χ0n) is 12.7. The van der Waals surface area contributed by atoms with E-state index < -0.39 is 5.97 Å². The lowest BCUT2D eigenvalue weighted by Crippen LogP contribution is -2.45. The molecule has 1 atom stereocenters. The third kappa shape index (κ3) is 5.07. The normalized spacial score (nSPS) is 18.2. The molecule has 1 saturated heterocycles. The minimum Gasteiger partial charge on any atom is -0.481 e. The van der Waals surface area contributed by atoms with Gasteiger partial charge in [0.2, 0.25) is 5.91 Å². The number of ether oxygens (including phenoxy) is 1. The number of hydrogen-bond donors (Lipinski definition) is 1. The molecular formula is C15H21N3O4. The average molecular weight is 307 g/mol. The molecule has 7 nitrogen and oxygen atoms in total. The van der Waals surface area contributed by atoms with Crippen molar-refractivity contribution in [3.63, 3.8) is 0 Å². The molecule has 2 heterocycles. The van der Waals surface area contributed by atoms with E-state index in [2.05, 4.69) is 9.97 Å². The molecule has 1 amide bonds. The number of aryl methyl sites for hydroxylation is 2. The smallest absolute Gasteiger partial charge is 0.303 e. The van der Waals surface area contributed by atoms with E-state index in [0.29, 0.717) is 19.7 Å². The van der Waals surface area contributed by atoms with Crippen molar-refractivity contribution in [2.75, 3.05) is 19.7 Å². The third-order valence-corrected chi connectivity index (χ3v) is 3.63. The van der Waals surface area contributed by atoms with Gasteiger partial charge in [-0.2, -0.15) is 0 Å². The standard InChI is InChI=1S/C15H21N3O4/c1-11-8-12(17-10-16-11)2-3-13-9-18(6-7-22-13)14(19)4-5-15(20)21/h8,10,13H,2-7,9H2,1H3,(H,20,21)/t13-/m1/s1. The number of nitrogens with zero attached hydrogens (tertiary/aromatic N) is 3. The summed E-state index contributed by atoms with van der Waals surface area (Å²) in [6.45, 7) is 3.46. The van der Waals surface area contributed by atoms with E-state index in [0.717, 1.165) is 24.2 Å². The van der Waals surface area contributed by atoms with Crippen molar-refractivity contribution in [2.24, 2.45) is 0 Å². The van der Waals surface area contributed by atoms with Crippen molar-refractivity contribution >= 4 is 11.9 Å². The molecule has 1 N–H and O–H groups in total. The zero-order chi connectivity index (χ0) is 15.9. The van der Waals surface area contributed by atoms with Gasteiger partial charge < -0.3 is 14.7 Å². The molecule has 2 rings (SSSR count). The Morgan fingerprint density at radius 3 is 2.95 bits per heavy atom. The van der Waals surface area contributed by atoms with E-state index in [-0.39, 0.29) is 24.9 Å². The number of aromatic nitrogens is 2. The Bertz CT molecular complexity index is 535. The first-order valence-electron chi connectivity index (χ1n) is 7.43. The highest BCUT2D eigenvalue weighted by Gasteiger charge is 2.24. The quantitative estimate of drug-likeness (QED) is 0.836. The Labute approximate surface area is 129 Å². The van der Waals surface area contributed by atoms with E-state index in [1.807, 2.05) is 13.0 Å². The lowest BCUT2D eigenvalue weighted by molar-refractivity contribution is -0.144. The summed E-state index contributed by atoms with van der Waals surface area (Å²) >= 11 is 0. The van der Waals surface area contributed by atoms with E-state index in [1.54, 1.807) is 11.2 Å². The number of carboxylic acids is 1. The number of morpholine rings is 1. The van der Waals surface area contributed by atoms with E-state index >= 15 is 0 Å². The summed E-state index contributed by atoms with van der Waals surface area (Å²) in [5, 5.41) is 8.64. The molecule has 1 aliphatic heterocycles. The van der Waals surface area contributed by atoms with Crippen LogP contribution < -0.4 is 0 Å². The minimum atomic E-state index is -0.947. The Hall–Kier alpha value is -2.02. The van der Waals surface area contributed by atoms with Gasteiger partial charge in [0.15, 0.2) is 0 Å². The molecule has 1 aromatic rings. The average Bonchev–Trinajstić information content (AvgIpc) is 2.51. The van der Waals surface area contributed by atoms with Gasteiger partial charge in [-0.05, 0) is 25.8 Å². The Morgan fingerprint density at radius 1 is 1.41 bits per heavy atom. The molecule has 0 saturated carbocycles. The molecule has 0 bridgehead atoms. The first kappa shape index (κ1) is 16.4. The van der Waals surface area contributed by atoms with Crippen LogP contribution in [0.15, 0.2) is 12.4 Å². The molecule has 0 aliphatic carbocycles. The maximum atomic E-state index is 12.0. The number of hydrogen-bond acceptors (Lipinski definition) is 5. The Morgan fingerprint density at radius 2 is 2.23 bits per heavy atom. The van der Waals surface area contributed by atoms with Crippen LogP contribution in [-0.2, 0) is 20.7 Å². The lowest BCUT2D eigenvalue weighted by Gasteiger charge is -2.33. The van der Waals surface area contributed by atoms with Gasteiger partial charge in [0.1, 0.15) is 6.33 Å². The van der Waals surface area contributed by atoms with Gasteiger partial charge in [0.05, 0.1) is 19.1 Å². The van der Waals surface area contributed by atoms with Gasteiger partial charge in [-0.3, -0.25) is 9.59 Å². The molecule has 1 aliphatic rings. The number of amides is 1. The van der Waals surface area contributed by atoms with Gasteiger partial charge >= 0.3 is 5.97 Å². The van der Waals surface area contributed by atoms with Crippen molar-refractivity contribution in [3.05, 3.63) is 23.8 Å². The highest BCUT2D eigenvalue weighted by Crippen LogP contribution is 2.13. The number of rotatable bonds is 6. The fourth-order valence-electron chi connectivity index (χ4n) is 2.45. The highest BCUT2D eigenvalue weighted by atomic mass is 16.5. The monoisotopic (exact) mass is 307 g/mol. The number of carbonyl (C=O) groups excluding carboxylic acids is 1. The zero-order valence-corrected chi connectivity index (χ0v) is 12.7. The molecule has 0 aromatic carbocycles. The van der Waals surface area contributed by atoms with Gasteiger partial charge in [0.25, 0.3) is 0 Å². The van der Waals surface area contributed by atoms with Crippen LogP contribution in [0.1, 0.15) is 30.7 Å². The minimum absolute atomic E-state index is 0.0298. The molecule has 120 valence electrons. The maximum Gasteiger partial charge on any atom is 0.303 e. The van der Waals surface area contributed by atoms with Crippen molar-refractivity contribution in [1.82, 2.24) is 14.9 Å². The predicted molar refractivity (Wildman–Crippen MR) is 78.3 cm³/mol. The summed E-state index contributed by atoms with van der Waals surface area (Å²) in [6.07, 6.45) is 2.99. The first-order valence-corrected chi connectivity index (χ1v) is 7.43. The van der Waals surface area contributed by atoms with Gasteiger partial charge in [-0.1, -0.05) is 0 Å². The van der Waals surface area contributed by atoms with Crippen LogP contribution >= 0.6 is 0 Å². The largest absolute Gasteiger partial charge is 0.481 e. The second-order valence-electron chi connectivity index (χ2n) is 5.42. The maximum absolute atomic E-state index is 12.0. The first-order chi connectivity index (χ1) is 10.5. The van der Waals surface area contributed by atoms with Crippen molar-refractivity contribution in [1.29, 1.82) is 0 Å². The highest BCUT2D eigenvalue weighted by molar-refractivity contribution is 5.80. The molecule has 0 unspecified atom stereocenters. The molecule has 0 spiro atoms. The summed E-state index contributed by atoms with van der Waals surface area (Å²) in [5.41, 5.74) is 1.89. The van der Waals surface area contributed by atoms with Crippen molar-refractivity contribution in [2.45, 2.75) is 38.7 Å². The van der Waals surface area contributed by atoms with Gasteiger partial charge in [0, 0.05) is 30.9 Å². The third-order valence-electron chi connectivity index (χ3n) is 3.63. The number of carbonyl (C=O) groups is 2. The molecular weight excluding hydrogens is 286 g/mol. The summed E-state index contributed by atoms with van der Waals surface area (Å²) in [7, 11) is 0. The molecule has 0 radical (unpaired) electrons. The SMILES string of the molecule is Cc1cc(CC[C@@H]2CN(C(=O)CCC(=O)O)CCO2)ncn1. The fraction of sp³-hybridized carbons (Fsp3) is 0.600. The number of aliphatic carboxylic acids is 1. The summed E-state index contributed by atoms with van der Waals surface area (Å²) in [4.78, 5) is 32.5. The summed E-state index contributed by atoms with van der Waals surface area (Å²) in [5.74, 6) is -1.06. The van der Waals surface area contributed by atoms with Crippen molar-refractivity contribution in [3.8, 4) is 0 Å². The Kier molecular flexibility index (Phi) is 5.83. The van der Waals surface area contributed by atoms with Crippen LogP contribution in [0.2, 0.25) is 0 Å². The van der Waals surface area contributed by atoms with E-state index in [1.165, 1.54) is 0 Å². The van der Waals surface area contributed by atoms with Crippen molar-refractivity contribution < 1.29 is 19.4 Å². The van der Waals surface area contributed by atoms with E-state index in [4.69, 9.17) is 9.84 Å². The molecule has 1 aromatic heterocycles. The van der Waals surface area contributed by atoms with Crippen LogP contribution in [0, 0.1) is 6.92 Å². The van der Waals surface area contributed by atoms with Gasteiger partial charge in [-0.15, -0.1) is 0 Å². The topological polar surface area (TPSA) is 92.6 Å². The number of carboxylic acid groups (broad SMARTS) is 1. The van der Waals surface area contributed by atoms with Crippen LogP contribution in [0.4, 0.5) is 0 Å². The van der Waals surface area contributed by atoms with Crippen LogP contribution in [-0.4, -0.2) is 57.7 Å².